The second-order valence-electron chi connectivity index (χ2n) is 9.11. The summed E-state index contributed by atoms with van der Waals surface area (Å²) in [5.41, 5.74) is 0.0712. The van der Waals surface area contributed by atoms with Crippen molar-refractivity contribution >= 4 is 34.7 Å². The van der Waals surface area contributed by atoms with Gasteiger partial charge in [-0.25, -0.2) is 9.10 Å². The van der Waals surface area contributed by atoms with Gasteiger partial charge in [0.25, 0.3) is 5.56 Å². The number of rotatable bonds is 6. The molecule has 39 heavy (non-hydrogen) atoms. The molecule has 1 aromatic heterocycles. The molecule has 0 spiro atoms. The first kappa shape index (κ1) is 26.5. The molecule has 2 N–H and O–H groups in total. The van der Waals surface area contributed by atoms with Gasteiger partial charge in [-0.2, -0.15) is 13.2 Å². The minimum absolute atomic E-state index is 0.0805. The summed E-state index contributed by atoms with van der Waals surface area (Å²) in [6.45, 7) is -0.803. The van der Waals surface area contributed by atoms with Crippen molar-refractivity contribution in [3.05, 3.63) is 99.8 Å². The number of alkyl halides is 3. The van der Waals surface area contributed by atoms with Gasteiger partial charge in [0, 0.05) is 18.2 Å². The SMILES string of the molecule is O=C(O)CN1CC(C(=O)O)n2c(c(-c3cccc(C(F)(F)F)c3)c(Cc3cccc4ccccc34)cc2=O)S1. The average molecular weight is 555 g/mol. The van der Waals surface area contributed by atoms with Gasteiger partial charge < -0.3 is 10.2 Å². The molecule has 1 atom stereocenters. The zero-order chi connectivity index (χ0) is 27.9. The minimum atomic E-state index is -4.64. The molecule has 4 aromatic rings. The molecule has 0 bridgehead atoms. The maximum absolute atomic E-state index is 13.7. The van der Waals surface area contributed by atoms with Crippen LogP contribution in [0.4, 0.5) is 13.2 Å². The topological polar surface area (TPSA) is 99.8 Å². The van der Waals surface area contributed by atoms with E-state index in [2.05, 4.69) is 0 Å². The number of carboxylic acids is 2. The van der Waals surface area contributed by atoms with Gasteiger partial charge in [-0.15, -0.1) is 0 Å². The maximum atomic E-state index is 13.7. The van der Waals surface area contributed by atoms with E-state index in [-0.39, 0.29) is 29.1 Å². The van der Waals surface area contributed by atoms with Gasteiger partial charge in [0.2, 0.25) is 0 Å². The van der Waals surface area contributed by atoms with E-state index >= 15 is 0 Å². The van der Waals surface area contributed by atoms with Crippen molar-refractivity contribution in [2.45, 2.75) is 23.7 Å². The number of benzene rings is 3. The smallest absolute Gasteiger partial charge is 0.416 e. The molecule has 0 saturated heterocycles. The molecule has 5 rings (SSSR count). The monoisotopic (exact) mass is 554 g/mol. The fraction of sp³-hybridized carbons (Fsp3) is 0.179. The predicted octanol–water partition coefficient (Wildman–Crippen LogP) is 5.31. The van der Waals surface area contributed by atoms with Crippen LogP contribution in [0.2, 0.25) is 0 Å². The average Bonchev–Trinajstić information content (AvgIpc) is 2.87. The molecule has 1 unspecified atom stereocenters. The van der Waals surface area contributed by atoms with E-state index in [9.17, 15) is 37.8 Å². The van der Waals surface area contributed by atoms with Crippen LogP contribution >= 0.6 is 11.9 Å². The highest BCUT2D eigenvalue weighted by Crippen LogP contribution is 2.42. The summed E-state index contributed by atoms with van der Waals surface area (Å²) >= 11 is 0.855. The van der Waals surface area contributed by atoms with E-state index in [1.807, 2.05) is 42.5 Å². The zero-order valence-corrected chi connectivity index (χ0v) is 21.0. The number of hydrogen-bond donors (Lipinski definition) is 2. The Morgan fingerprint density at radius 1 is 0.949 bits per heavy atom. The van der Waals surface area contributed by atoms with Crippen LogP contribution in [0.3, 0.4) is 0 Å². The van der Waals surface area contributed by atoms with E-state index in [0.29, 0.717) is 5.56 Å². The Bertz CT molecular complexity index is 1660. The van der Waals surface area contributed by atoms with E-state index in [0.717, 1.165) is 45.0 Å². The lowest BCUT2D eigenvalue weighted by atomic mass is 9.93. The van der Waals surface area contributed by atoms with Crippen LogP contribution in [0.1, 0.15) is 22.7 Å². The number of fused-ring (bicyclic) bond motifs is 2. The van der Waals surface area contributed by atoms with E-state index in [1.54, 1.807) is 0 Å². The van der Waals surface area contributed by atoms with Crippen LogP contribution < -0.4 is 5.56 Å². The zero-order valence-electron chi connectivity index (χ0n) is 20.2. The first-order valence-corrected chi connectivity index (χ1v) is 12.6. The number of pyridine rings is 1. The lowest BCUT2D eigenvalue weighted by molar-refractivity contribution is -0.143. The van der Waals surface area contributed by atoms with Gasteiger partial charge in [0.1, 0.15) is 17.6 Å². The Balaban J connectivity index is 1.78. The normalized spacial score (nSPS) is 15.7. The first-order chi connectivity index (χ1) is 18.5. The molecule has 0 aliphatic carbocycles. The van der Waals surface area contributed by atoms with Gasteiger partial charge >= 0.3 is 18.1 Å². The van der Waals surface area contributed by atoms with E-state index < -0.39 is 41.8 Å². The van der Waals surface area contributed by atoms with Crippen molar-refractivity contribution in [3.63, 3.8) is 0 Å². The number of aromatic nitrogens is 1. The lowest BCUT2D eigenvalue weighted by Gasteiger charge is -2.34. The van der Waals surface area contributed by atoms with E-state index in [1.165, 1.54) is 22.5 Å². The molecular formula is C28H21F3N2O5S. The Kier molecular flexibility index (Phi) is 6.96. The molecule has 0 saturated carbocycles. The Morgan fingerprint density at radius 3 is 2.38 bits per heavy atom. The van der Waals surface area contributed by atoms with Gasteiger partial charge in [-0.1, -0.05) is 54.6 Å². The minimum Gasteiger partial charge on any atom is -0.480 e. The Morgan fingerprint density at radius 2 is 1.67 bits per heavy atom. The third-order valence-electron chi connectivity index (χ3n) is 6.53. The lowest BCUT2D eigenvalue weighted by Crippen LogP contribution is -2.43. The quantitative estimate of drug-likeness (QED) is 0.312. The molecule has 11 heteroatoms. The molecule has 200 valence electrons. The summed E-state index contributed by atoms with van der Waals surface area (Å²) in [7, 11) is 0. The van der Waals surface area contributed by atoms with Crippen LogP contribution in [-0.4, -0.2) is 44.1 Å². The first-order valence-electron chi connectivity index (χ1n) is 11.8. The fourth-order valence-corrected chi connectivity index (χ4v) is 6.14. The number of aliphatic carboxylic acids is 2. The third-order valence-corrected chi connectivity index (χ3v) is 7.64. The van der Waals surface area contributed by atoms with Crippen LogP contribution in [0.15, 0.2) is 82.6 Å². The molecule has 0 amide bonds. The second-order valence-corrected chi connectivity index (χ2v) is 10.2. The van der Waals surface area contributed by atoms with Crippen molar-refractivity contribution in [2.24, 2.45) is 0 Å². The number of nitrogens with zero attached hydrogens (tertiary/aromatic N) is 2. The second kappa shape index (κ2) is 10.2. The maximum Gasteiger partial charge on any atom is 0.416 e. The van der Waals surface area contributed by atoms with Crippen molar-refractivity contribution in [1.29, 1.82) is 0 Å². The van der Waals surface area contributed by atoms with Crippen molar-refractivity contribution in [1.82, 2.24) is 8.87 Å². The van der Waals surface area contributed by atoms with Crippen LogP contribution in [0.25, 0.3) is 21.9 Å². The molecule has 0 radical (unpaired) electrons. The highest BCUT2D eigenvalue weighted by Gasteiger charge is 2.36. The van der Waals surface area contributed by atoms with Gasteiger partial charge in [0.05, 0.1) is 5.56 Å². The number of hydrogen-bond acceptors (Lipinski definition) is 5. The molecular weight excluding hydrogens is 533 g/mol. The van der Waals surface area contributed by atoms with Gasteiger partial charge in [-0.3, -0.25) is 14.2 Å². The standard InChI is InChI=1S/C28H21F3N2O5S/c29-28(30,31)20-9-4-8-18(12-20)25-19(11-17-7-3-6-16-5-1-2-10-21(16)17)13-23(34)33-22(27(37)38)14-32(15-24(35)36)39-26(25)33/h1-10,12-13,22H,11,14-15H2,(H,35,36)(H,37,38). The van der Waals surface area contributed by atoms with E-state index in [4.69, 9.17) is 0 Å². The van der Waals surface area contributed by atoms with Crippen molar-refractivity contribution < 1.29 is 33.0 Å². The summed E-state index contributed by atoms with van der Waals surface area (Å²) in [5, 5.41) is 21.2. The molecule has 1 aliphatic rings. The summed E-state index contributed by atoms with van der Waals surface area (Å²) in [5.74, 6) is -2.57. The number of halogens is 3. The van der Waals surface area contributed by atoms with Gasteiger partial charge in [-0.05, 0) is 58.0 Å². The van der Waals surface area contributed by atoms with Crippen LogP contribution in [-0.2, 0) is 22.2 Å². The largest absolute Gasteiger partial charge is 0.480 e. The van der Waals surface area contributed by atoms with Crippen molar-refractivity contribution in [2.75, 3.05) is 13.1 Å². The summed E-state index contributed by atoms with van der Waals surface area (Å²) in [6, 6.07) is 17.6. The number of carbonyl (C=O) groups is 2. The van der Waals surface area contributed by atoms with Crippen molar-refractivity contribution in [3.8, 4) is 11.1 Å². The molecule has 1 aliphatic heterocycles. The summed E-state index contributed by atoms with van der Waals surface area (Å²) in [4.78, 5) is 37.0. The van der Waals surface area contributed by atoms with Gasteiger partial charge in [0.15, 0.2) is 0 Å². The Hall–Kier alpha value is -4.09. The predicted molar refractivity (Wildman–Crippen MR) is 140 cm³/mol. The fourth-order valence-electron chi connectivity index (χ4n) is 4.85. The molecule has 2 heterocycles. The number of carboxylic acid groups (broad SMARTS) is 2. The molecule has 7 nitrogen and oxygen atoms in total. The molecule has 3 aromatic carbocycles. The summed E-state index contributed by atoms with van der Waals surface area (Å²) in [6.07, 6.45) is -4.46. The van der Waals surface area contributed by atoms with Crippen LogP contribution in [0.5, 0.6) is 0 Å². The summed E-state index contributed by atoms with van der Waals surface area (Å²) < 4.78 is 43.3. The Labute approximate surface area is 224 Å². The van der Waals surface area contributed by atoms with Crippen LogP contribution in [0, 0.1) is 0 Å². The third kappa shape index (κ3) is 5.27. The highest BCUT2D eigenvalue weighted by atomic mass is 32.2. The highest BCUT2D eigenvalue weighted by molar-refractivity contribution is 7.97. The molecule has 0 fully saturated rings.